The number of nitrogens with zero attached hydrogens (tertiary/aromatic N) is 2. The van der Waals surface area contributed by atoms with Crippen LogP contribution in [0.2, 0.25) is 0 Å². The van der Waals surface area contributed by atoms with Gasteiger partial charge in [0.15, 0.2) is 0 Å². The summed E-state index contributed by atoms with van der Waals surface area (Å²) >= 11 is 8.87. The van der Waals surface area contributed by atoms with Gasteiger partial charge in [-0.05, 0) is 57.1 Å². The highest BCUT2D eigenvalue weighted by Crippen LogP contribution is 2.36. The first-order valence-corrected chi connectivity index (χ1v) is 9.02. The van der Waals surface area contributed by atoms with Gasteiger partial charge in [0.25, 0.3) is 0 Å². The van der Waals surface area contributed by atoms with Crippen molar-refractivity contribution in [3.8, 4) is 0 Å². The highest BCUT2D eigenvalue weighted by atomic mass is 79.9. The number of thiophene rings is 1. The Labute approximate surface area is 144 Å². The molecule has 3 aromatic rings. The normalized spacial score (nSPS) is 13.0. The molecule has 3 nitrogen and oxygen atoms in total. The number of halogens is 2. The van der Waals surface area contributed by atoms with Crippen LogP contribution >= 0.6 is 43.2 Å². The molecule has 110 valence electrons. The fourth-order valence-electron chi connectivity index (χ4n) is 2.44. The van der Waals surface area contributed by atoms with Crippen LogP contribution in [-0.2, 0) is 13.5 Å². The van der Waals surface area contributed by atoms with Crippen molar-refractivity contribution in [3.63, 3.8) is 0 Å². The minimum atomic E-state index is 0.258. The number of rotatable bonds is 4. The van der Waals surface area contributed by atoms with E-state index in [1.54, 1.807) is 11.3 Å². The molecule has 0 saturated carbocycles. The topological polar surface area (TPSA) is 29.9 Å². The van der Waals surface area contributed by atoms with E-state index in [4.69, 9.17) is 4.98 Å². The van der Waals surface area contributed by atoms with Crippen molar-refractivity contribution in [2.45, 2.75) is 12.5 Å². The average Bonchev–Trinajstić information content (AvgIpc) is 2.98. The number of fused-ring (bicyclic) bond motifs is 1. The molecule has 0 fully saturated rings. The van der Waals surface area contributed by atoms with Crippen molar-refractivity contribution in [1.82, 2.24) is 14.9 Å². The second-order valence-electron chi connectivity index (χ2n) is 4.89. The molecule has 2 aromatic heterocycles. The van der Waals surface area contributed by atoms with Crippen LogP contribution in [-0.4, -0.2) is 16.6 Å². The fraction of sp³-hybridized carbons (Fsp3) is 0.267. The highest BCUT2D eigenvalue weighted by Gasteiger charge is 2.18. The molecule has 2 heterocycles. The van der Waals surface area contributed by atoms with Gasteiger partial charge in [-0.15, -0.1) is 11.3 Å². The lowest BCUT2D eigenvalue weighted by Gasteiger charge is -2.14. The molecule has 1 N–H and O–H groups in total. The maximum Gasteiger partial charge on any atom is 0.111 e. The largest absolute Gasteiger partial charge is 0.331 e. The molecule has 0 bridgehead atoms. The summed E-state index contributed by atoms with van der Waals surface area (Å²) in [6.07, 6.45) is 0.862. The summed E-state index contributed by atoms with van der Waals surface area (Å²) in [5.41, 5.74) is 2.23. The Balaban J connectivity index is 1.94. The van der Waals surface area contributed by atoms with E-state index in [0.29, 0.717) is 0 Å². The predicted octanol–water partition coefficient (Wildman–Crippen LogP) is 4.66. The Morgan fingerprint density at radius 3 is 2.71 bits per heavy atom. The average molecular weight is 429 g/mol. The number of para-hydroxylation sites is 2. The van der Waals surface area contributed by atoms with Gasteiger partial charge in [0, 0.05) is 28.9 Å². The molecule has 0 spiro atoms. The molecule has 6 heteroatoms. The number of nitrogens with one attached hydrogen (secondary N) is 1. The van der Waals surface area contributed by atoms with Gasteiger partial charge in [-0.1, -0.05) is 12.1 Å². The Kier molecular flexibility index (Phi) is 4.49. The lowest BCUT2D eigenvalue weighted by molar-refractivity contribution is 0.574. The molecule has 1 atom stereocenters. The standard InChI is InChI=1S/C15H15Br2N3S/c1-18-11(13-7-9(16)15(17)21-13)8-14-19-10-5-3-4-6-12(10)20(14)2/h3-7,11,18H,8H2,1-2H3. The first-order chi connectivity index (χ1) is 10.1. The zero-order valence-electron chi connectivity index (χ0n) is 11.7. The molecule has 1 aromatic carbocycles. The summed E-state index contributed by atoms with van der Waals surface area (Å²) in [5, 5.41) is 3.39. The van der Waals surface area contributed by atoms with E-state index in [-0.39, 0.29) is 6.04 Å². The summed E-state index contributed by atoms with van der Waals surface area (Å²) in [6.45, 7) is 0. The molecule has 0 aliphatic carbocycles. The molecule has 1 unspecified atom stereocenters. The van der Waals surface area contributed by atoms with E-state index in [1.807, 2.05) is 13.1 Å². The van der Waals surface area contributed by atoms with Crippen LogP contribution in [0.15, 0.2) is 38.6 Å². The smallest absolute Gasteiger partial charge is 0.111 e. The molecule has 0 saturated heterocycles. The lowest BCUT2D eigenvalue weighted by Crippen LogP contribution is -2.19. The molecule has 0 aliphatic heterocycles. The molecule has 0 radical (unpaired) electrons. The number of likely N-dealkylation sites (N-methyl/N-ethyl adjacent to an activating group) is 1. The van der Waals surface area contributed by atoms with Gasteiger partial charge in [-0.25, -0.2) is 4.98 Å². The minimum Gasteiger partial charge on any atom is -0.331 e. The number of aryl methyl sites for hydroxylation is 1. The van der Waals surface area contributed by atoms with Crippen LogP contribution in [0.3, 0.4) is 0 Å². The number of hydrogen-bond donors (Lipinski definition) is 1. The Bertz CT molecular complexity index is 759. The molecular formula is C15H15Br2N3S. The summed E-state index contributed by atoms with van der Waals surface area (Å²) in [7, 11) is 4.08. The molecule has 3 rings (SSSR count). The van der Waals surface area contributed by atoms with Crippen molar-refractivity contribution >= 4 is 54.2 Å². The van der Waals surface area contributed by atoms with Gasteiger partial charge in [-0.3, -0.25) is 0 Å². The van der Waals surface area contributed by atoms with Crippen LogP contribution in [0.4, 0.5) is 0 Å². The summed E-state index contributed by atoms with van der Waals surface area (Å²) in [6, 6.07) is 10.7. The summed E-state index contributed by atoms with van der Waals surface area (Å²) < 4.78 is 4.41. The molecular weight excluding hydrogens is 414 g/mol. The van der Waals surface area contributed by atoms with Gasteiger partial charge >= 0.3 is 0 Å². The van der Waals surface area contributed by atoms with Crippen molar-refractivity contribution in [2.24, 2.45) is 7.05 Å². The van der Waals surface area contributed by atoms with Crippen LogP contribution in [0.1, 0.15) is 16.7 Å². The quantitative estimate of drug-likeness (QED) is 0.654. The third kappa shape index (κ3) is 2.95. The number of benzene rings is 1. The van der Waals surface area contributed by atoms with Crippen molar-refractivity contribution in [1.29, 1.82) is 0 Å². The third-order valence-electron chi connectivity index (χ3n) is 3.62. The maximum atomic E-state index is 4.76. The number of imidazole rings is 1. The SMILES string of the molecule is CNC(Cc1nc2ccccc2n1C)c1cc(Br)c(Br)s1. The van der Waals surface area contributed by atoms with E-state index in [9.17, 15) is 0 Å². The summed E-state index contributed by atoms with van der Waals surface area (Å²) in [5.74, 6) is 1.09. The van der Waals surface area contributed by atoms with E-state index >= 15 is 0 Å². The van der Waals surface area contributed by atoms with Crippen molar-refractivity contribution in [3.05, 3.63) is 49.3 Å². The fourth-order valence-corrected chi connectivity index (χ4v) is 4.64. The Morgan fingerprint density at radius 1 is 1.33 bits per heavy atom. The van der Waals surface area contributed by atoms with Gasteiger partial charge in [-0.2, -0.15) is 0 Å². The van der Waals surface area contributed by atoms with Crippen LogP contribution in [0, 0.1) is 0 Å². The summed E-state index contributed by atoms with van der Waals surface area (Å²) in [4.78, 5) is 6.05. The predicted molar refractivity (Wildman–Crippen MR) is 95.9 cm³/mol. The maximum absolute atomic E-state index is 4.76. The van der Waals surface area contributed by atoms with E-state index in [0.717, 1.165) is 26.0 Å². The van der Waals surface area contributed by atoms with Crippen LogP contribution in [0.25, 0.3) is 11.0 Å². The number of aromatic nitrogens is 2. The van der Waals surface area contributed by atoms with Gasteiger partial charge in [0.2, 0.25) is 0 Å². The monoisotopic (exact) mass is 427 g/mol. The van der Waals surface area contributed by atoms with E-state index < -0.39 is 0 Å². The second kappa shape index (κ2) is 6.20. The van der Waals surface area contributed by atoms with Gasteiger partial charge < -0.3 is 9.88 Å². The molecule has 21 heavy (non-hydrogen) atoms. The third-order valence-corrected chi connectivity index (χ3v) is 6.99. The van der Waals surface area contributed by atoms with Crippen molar-refractivity contribution in [2.75, 3.05) is 7.05 Å². The zero-order chi connectivity index (χ0) is 15.0. The molecule has 0 aliphatic rings. The van der Waals surface area contributed by atoms with Gasteiger partial charge in [0.1, 0.15) is 5.82 Å². The minimum absolute atomic E-state index is 0.258. The van der Waals surface area contributed by atoms with Gasteiger partial charge in [0.05, 0.1) is 14.8 Å². The lowest BCUT2D eigenvalue weighted by atomic mass is 10.1. The van der Waals surface area contributed by atoms with Crippen molar-refractivity contribution < 1.29 is 0 Å². The van der Waals surface area contributed by atoms with Crippen LogP contribution in [0.5, 0.6) is 0 Å². The first-order valence-electron chi connectivity index (χ1n) is 6.62. The Morgan fingerprint density at radius 2 is 2.10 bits per heavy atom. The second-order valence-corrected chi connectivity index (χ2v) is 8.15. The van der Waals surface area contributed by atoms with Crippen LogP contribution < -0.4 is 5.32 Å². The first kappa shape index (κ1) is 15.2. The van der Waals surface area contributed by atoms with E-state index in [1.165, 1.54) is 10.4 Å². The molecule has 0 amide bonds. The number of hydrogen-bond acceptors (Lipinski definition) is 3. The zero-order valence-corrected chi connectivity index (χ0v) is 15.7. The van der Waals surface area contributed by atoms with E-state index in [2.05, 4.69) is 73.1 Å². The Hall–Kier alpha value is -0.690. The highest BCUT2D eigenvalue weighted by molar-refractivity contribution is 9.13.